The van der Waals surface area contributed by atoms with Crippen molar-refractivity contribution in [2.24, 2.45) is 0 Å². The largest absolute Gasteiger partial charge is 0.464 e. The van der Waals surface area contributed by atoms with E-state index < -0.39 is 12.0 Å². The molecule has 166 valence electrons. The Hall–Kier alpha value is -3.42. The molecule has 0 aromatic heterocycles. The number of nitrogens with zero attached hydrogens (tertiary/aromatic N) is 1. The zero-order chi connectivity index (χ0) is 23.2. The Morgan fingerprint density at radius 1 is 1.00 bits per heavy atom. The van der Waals surface area contributed by atoms with Crippen LogP contribution in [-0.4, -0.2) is 27.7 Å². The molecule has 33 heavy (non-hydrogen) atoms. The lowest BCUT2D eigenvalue weighted by Gasteiger charge is -2.25. The van der Waals surface area contributed by atoms with Gasteiger partial charge in [0.1, 0.15) is 15.8 Å². The zero-order valence-corrected chi connectivity index (χ0v) is 19.5. The molecular formula is C26H21NO4S2. The van der Waals surface area contributed by atoms with Gasteiger partial charge >= 0.3 is 5.97 Å². The van der Waals surface area contributed by atoms with E-state index in [1.54, 1.807) is 25.1 Å². The molecule has 1 saturated heterocycles. The third-order valence-electron chi connectivity index (χ3n) is 4.84. The van der Waals surface area contributed by atoms with Gasteiger partial charge in [0, 0.05) is 0 Å². The van der Waals surface area contributed by atoms with Crippen LogP contribution in [0.4, 0.5) is 0 Å². The third kappa shape index (κ3) is 5.32. The number of carbonyl (C=O) groups is 2. The number of carbonyl (C=O) groups excluding carboxylic acids is 2. The minimum atomic E-state index is -0.933. The van der Waals surface area contributed by atoms with Crippen LogP contribution < -0.4 is 4.74 Å². The van der Waals surface area contributed by atoms with Crippen LogP contribution in [0, 0.1) is 0 Å². The van der Waals surface area contributed by atoms with E-state index in [-0.39, 0.29) is 12.5 Å². The summed E-state index contributed by atoms with van der Waals surface area (Å²) in [6.07, 6.45) is 1.75. The summed E-state index contributed by atoms with van der Waals surface area (Å²) < 4.78 is 11.5. The first-order chi connectivity index (χ1) is 16.1. The van der Waals surface area contributed by atoms with E-state index in [2.05, 4.69) is 0 Å². The Balaban J connectivity index is 1.61. The summed E-state index contributed by atoms with van der Waals surface area (Å²) in [5, 5.41) is 0. The number of para-hydroxylation sites is 1. The molecule has 0 radical (unpaired) electrons. The average molecular weight is 476 g/mol. The molecule has 1 atom stereocenters. The second-order valence-corrected chi connectivity index (χ2v) is 8.78. The predicted molar refractivity (Wildman–Crippen MR) is 134 cm³/mol. The van der Waals surface area contributed by atoms with Gasteiger partial charge in [0.25, 0.3) is 5.91 Å². The van der Waals surface area contributed by atoms with Crippen molar-refractivity contribution >= 4 is 46.3 Å². The average Bonchev–Trinajstić information content (AvgIpc) is 3.09. The van der Waals surface area contributed by atoms with E-state index in [0.29, 0.717) is 20.5 Å². The molecule has 0 saturated carbocycles. The number of hydrogen-bond acceptors (Lipinski definition) is 6. The van der Waals surface area contributed by atoms with Gasteiger partial charge < -0.3 is 9.47 Å². The molecule has 1 aliphatic rings. The standard InChI is InChI=1S/C26H21NO4S2/c1-2-30-25(29)23(19-11-5-3-6-12-19)27-24(28)22(33-26(27)32)17-18-10-9-15-21(16-18)31-20-13-7-4-8-14-20/h3-17,23H,2H2,1H3/b22-17+. The van der Waals surface area contributed by atoms with E-state index in [0.717, 1.165) is 11.3 Å². The van der Waals surface area contributed by atoms with Crippen molar-refractivity contribution in [1.82, 2.24) is 4.90 Å². The van der Waals surface area contributed by atoms with Crippen LogP contribution in [0.15, 0.2) is 89.8 Å². The maximum Gasteiger partial charge on any atom is 0.333 e. The SMILES string of the molecule is CCOC(=O)C(c1ccccc1)N1C(=O)/C(=C\c2cccc(Oc3ccccc3)c2)SC1=S. The molecule has 1 fully saturated rings. The highest BCUT2D eigenvalue weighted by Gasteiger charge is 2.42. The topological polar surface area (TPSA) is 55.8 Å². The number of amides is 1. The summed E-state index contributed by atoms with van der Waals surface area (Å²) in [5.41, 5.74) is 1.43. The quantitative estimate of drug-likeness (QED) is 0.238. The predicted octanol–water partition coefficient (Wildman–Crippen LogP) is 5.98. The van der Waals surface area contributed by atoms with E-state index in [9.17, 15) is 9.59 Å². The lowest BCUT2D eigenvalue weighted by atomic mass is 10.1. The van der Waals surface area contributed by atoms with E-state index >= 15 is 0 Å². The molecule has 1 aliphatic heterocycles. The van der Waals surface area contributed by atoms with Crippen molar-refractivity contribution < 1.29 is 19.1 Å². The van der Waals surface area contributed by atoms with E-state index in [4.69, 9.17) is 21.7 Å². The number of benzene rings is 3. The molecule has 1 heterocycles. The van der Waals surface area contributed by atoms with Gasteiger partial charge in [-0.2, -0.15) is 0 Å². The number of thioether (sulfide) groups is 1. The molecule has 3 aromatic rings. The fraction of sp³-hybridized carbons (Fsp3) is 0.115. The fourth-order valence-corrected chi connectivity index (χ4v) is 4.71. The summed E-state index contributed by atoms with van der Waals surface area (Å²) in [7, 11) is 0. The second-order valence-electron chi connectivity index (χ2n) is 7.10. The minimum absolute atomic E-state index is 0.209. The Kier molecular flexibility index (Phi) is 7.22. The summed E-state index contributed by atoms with van der Waals surface area (Å²) in [4.78, 5) is 27.9. The van der Waals surface area contributed by atoms with Crippen molar-refractivity contribution in [3.63, 3.8) is 0 Å². The fourth-order valence-electron chi connectivity index (χ4n) is 3.39. The number of rotatable bonds is 7. The highest BCUT2D eigenvalue weighted by molar-refractivity contribution is 8.26. The molecule has 0 bridgehead atoms. The van der Waals surface area contributed by atoms with Crippen molar-refractivity contribution in [3.05, 3.63) is 101 Å². The molecule has 1 amide bonds. The minimum Gasteiger partial charge on any atom is -0.464 e. The van der Waals surface area contributed by atoms with Crippen molar-refractivity contribution in [1.29, 1.82) is 0 Å². The lowest BCUT2D eigenvalue weighted by molar-refractivity contribution is -0.151. The van der Waals surface area contributed by atoms with E-state index in [1.807, 2.05) is 72.8 Å². The van der Waals surface area contributed by atoms with Gasteiger partial charge in [-0.15, -0.1) is 0 Å². The van der Waals surface area contributed by atoms with Gasteiger partial charge in [-0.05, 0) is 48.4 Å². The maximum absolute atomic E-state index is 13.3. The zero-order valence-electron chi connectivity index (χ0n) is 17.8. The molecule has 3 aromatic carbocycles. The van der Waals surface area contributed by atoms with Crippen molar-refractivity contribution in [2.45, 2.75) is 13.0 Å². The van der Waals surface area contributed by atoms with Gasteiger partial charge in [-0.3, -0.25) is 9.69 Å². The van der Waals surface area contributed by atoms with Crippen LogP contribution in [0.2, 0.25) is 0 Å². The molecule has 7 heteroatoms. The summed E-state index contributed by atoms with van der Waals surface area (Å²) in [5.74, 6) is 0.529. The highest BCUT2D eigenvalue weighted by Crippen LogP contribution is 2.39. The van der Waals surface area contributed by atoms with Crippen molar-refractivity contribution in [2.75, 3.05) is 6.61 Å². The van der Waals surface area contributed by atoms with Gasteiger partial charge in [-0.25, -0.2) is 4.79 Å². The Labute approximate surface area is 202 Å². The molecule has 5 nitrogen and oxygen atoms in total. The summed E-state index contributed by atoms with van der Waals surface area (Å²) >= 11 is 6.66. The molecule has 1 unspecified atom stereocenters. The van der Waals surface area contributed by atoms with Crippen LogP contribution in [0.3, 0.4) is 0 Å². The summed E-state index contributed by atoms with van der Waals surface area (Å²) in [6.45, 7) is 1.94. The van der Waals surface area contributed by atoms with Crippen LogP contribution >= 0.6 is 24.0 Å². The number of esters is 1. The third-order valence-corrected chi connectivity index (χ3v) is 6.17. The second kappa shape index (κ2) is 10.5. The Bertz CT molecular complexity index is 1200. The monoisotopic (exact) mass is 475 g/mol. The van der Waals surface area contributed by atoms with Crippen LogP contribution in [0.1, 0.15) is 24.1 Å². The maximum atomic E-state index is 13.3. The number of ether oxygens (including phenoxy) is 2. The highest BCUT2D eigenvalue weighted by atomic mass is 32.2. The molecule has 0 N–H and O–H groups in total. The lowest BCUT2D eigenvalue weighted by Crippen LogP contribution is -2.38. The van der Waals surface area contributed by atoms with Crippen LogP contribution in [0.5, 0.6) is 11.5 Å². The van der Waals surface area contributed by atoms with Gasteiger partial charge in [0.15, 0.2) is 6.04 Å². The Morgan fingerprint density at radius 2 is 1.67 bits per heavy atom. The number of thiocarbonyl (C=S) groups is 1. The van der Waals surface area contributed by atoms with Crippen molar-refractivity contribution in [3.8, 4) is 11.5 Å². The first-order valence-electron chi connectivity index (χ1n) is 10.4. The van der Waals surface area contributed by atoms with E-state index in [1.165, 1.54) is 16.7 Å². The molecular weight excluding hydrogens is 454 g/mol. The van der Waals surface area contributed by atoms with Gasteiger partial charge in [-0.1, -0.05) is 84.6 Å². The summed E-state index contributed by atoms with van der Waals surface area (Å²) in [6, 6.07) is 25.0. The number of hydrogen-bond donors (Lipinski definition) is 0. The molecule has 0 aliphatic carbocycles. The smallest absolute Gasteiger partial charge is 0.333 e. The molecule has 0 spiro atoms. The van der Waals surface area contributed by atoms with Crippen LogP contribution in [0.25, 0.3) is 6.08 Å². The Morgan fingerprint density at radius 3 is 2.36 bits per heavy atom. The molecule has 4 rings (SSSR count). The first kappa shape index (κ1) is 22.8. The normalized spacial score (nSPS) is 15.5. The van der Waals surface area contributed by atoms with Crippen LogP contribution in [-0.2, 0) is 14.3 Å². The van der Waals surface area contributed by atoms with Gasteiger partial charge in [0.05, 0.1) is 11.5 Å². The van der Waals surface area contributed by atoms with Gasteiger partial charge in [0.2, 0.25) is 0 Å². The first-order valence-corrected chi connectivity index (χ1v) is 11.6.